The van der Waals surface area contributed by atoms with Crippen molar-refractivity contribution in [2.75, 3.05) is 0 Å². The second kappa shape index (κ2) is 5.86. The summed E-state index contributed by atoms with van der Waals surface area (Å²) >= 11 is 10.0. The van der Waals surface area contributed by atoms with Gasteiger partial charge in [-0.1, -0.05) is 0 Å². The van der Waals surface area contributed by atoms with Crippen LogP contribution in [0.15, 0.2) is 42.0 Å². The third-order valence-corrected chi connectivity index (χ3v) is 4.74. The van der Waals surface area contributed by atoms with E-state index >= 15 is 0 Å². The van der Waals surface area contributed by atoms with Crippen LogP contribution in [0, 0.1) is 0 Å². The Morgan fingerprint density at radius 2 is 1.25 bits per heavy atom. The number of hydrogen-bond acceptors (Lipinski definition) is 4. The van der Waals surface area contributed by atoms with Crippen LogP contribution >= 0.6 is 54.5 Å². The Bertz CT molecular complexity index is 480. The Labute approximate surface area is 118 Å². The molecule has 0 amide bonds. The minimum Gasteiger partial charge on any atom is -0.158 e. The lowest BCUT2D eigenvalue weighted by Gasteiger charge is -1.81. The van der Waals surface area contributed by atoms with Crippen molar-refractivity contribution in [3.05, 3.63) is 41.6 Å². The molecular formula is C10H6Br2N2S2. The fourth-order valence-corrected chi connectivity index (χ4v) is 3.56. The Hall–Kier alpha value is -0.300. The quantitative estimate of drug-likeness (QED) is 0.542. The Morgan fingerprint density at radius 3 is 1.56 bits per heavy atom. The third kappa shape index (κ3) is 3.62. The van der Waals surface area contributed by atoms with Gasteiger partial charge in [0.05, 0.1) is 20.0 Å². The van der Waals surface area contributed by atoms with Gasteiger partial charge in [0.25, 0.3) is 0 Å². The molecule has 0 aliphatic carbocycles. The van der Waals surface area contributed by atoms with Gasteiger partial charge in [0, 0.05) is 9.75 Å². The molecule has 2 aromatic rings. The van der Waals surface area contributed by atoms with Gasteiger partial charge >= 0.3 is 0 Å². The number of halogens is 2. The van der Waals surface area contributed by atoms with Crippen LogP contribution in [0.5, 0.6) is 0 Å². The minimum atomic E-state index is 1.08. The van der Waals surface area contributed by atoms with Gasteiger partial charge in [-0.05, 0) is 56.1 Å². The Kier molecular flexibility index (Phi) is 4.45. The van der Waals surface area contributed by atoms with E-state index in [9.17, 15) is 0 Å². The number of hydrogen-bond donors (Lipinski definition) is 0. The topological polar surface area (TPSA) is 24.7 Å². The molecule has 2 rings (SSSR count). The van der Waals surface area contributed by atoms with E-state index in [-0.39, 0.29) is 0 Å². The number of nitrogens with zero attached hydrogens (tertiary/aromatic N) is 2. The average molecular weight is 378 g/mol. The zero-order valence-electron chi connectivity index (χ0n) is 7.93. The molecule has 0 spiro atoms. The van der Waals surface area contributed by atoms with Crippen molar-refractivity contribution in [3.8, 4) is 0 Å². The molecule has 16 heavy (non-hydrogen) atoms. The largest absolute Gasteiger partial charge is 0.158 e. The standard InChI is InChI=1S/C10H6Br2N2S2/c11-9-3-1-7(15-9)5-13-14-6-8-2-4-10(12)16-8/h1-6H/b13-5-,14-6-. The molecular weight excluding hydrogens is 372 g/mol. The third-order valence-electron chi connectivity index (χ3n) is 1.62. The predicted octanol–water partition coefficient (Wildman–Crippen LogP) is 4.79. The van der Waals surface area contributed by atoms with Crippen LogP contribution < -0.4 is 0 Å². The molecule has 82 valence electrons. The highest BCUT2D eigenvalue weighted by Gasteiger charge is 1.93. The van der Waals surface area contributed by atoms with Crippen LogP contribution in [0.1, 0.15) is 9.75 Å². The molecule has 0 fully saturated rings. The zero-order chi connectivity index (χ0) is 11.4. The maximum absolute atomic E-state index is 3.98. The first-order valence-corrected chi connectivity index (χ1v) is 7.53. The van der Waals surface area contributed by atoms with Crippen LogP contribution in [0.3, 0.4) is 0 Å². The van der Waals surface area contributed by atoms with Gasteiger partial charge in [0.1, 0.15) is 0 Å². The highest BCUT2D eigenvalue weighted by molar-refractivity contribution is 9.11. The van der Waals surface area contributed by atoms with E-state index in [2.05, 4.69) is 42.1 Å². The Balaban J connectivity index is 1.96. The summed E-state index contributed by atoms with van der Waals surface area (Å²) in [6.07, 6.45) is 3.49. The lowest BCUT2D eigenvalue weighted by atomic mass is 10.5. The van der Waals surface area contributed by atoms with Crippen LogP contribution in [0.4, 0.5) is 0 Å². The normalized spacial score (nSPS) is 11.9. The molecule has 0 aliphatic heterocycles. The molecule has 0 N–H and O–H groups in total. The maximum Gasteiger partial charge on any atom is 0.0705 e. The van der Waals surface area contributed by atoms with Crippen molar-refractivity contribution in [1.29, 1.82) is 0 Å². The molecule has 0 atom stereocenters. The summed E-state index contributed by atoms with van der Waals surface area (Å²) in [5, 5.41) is 7.97. The van der Waals surface area contributed by atoms with Crippen LogP contribution in [0.2, 0.25) is 0 Å². The maximum atomic E-state index is 3.98. The van der Waals surface area contributed by atoms with E-state index in [1.165, 1.54) is 0 Å². The molecule has 0 saturated carbocycles. The summed E-state index contributed by atoms with van der Waals surface area (Å²) in [5.74, 6) is 0. The zero-order valence-corrected chi connectivity index (χ0v) is 12.7. The highest BCUT2D eigenvalue weighted by Crippen LogP contribution is 2.21. The van der Waals surface area contributed by atoms with Crippen LogP contribution in [0.25, 0.3) is 0 Å². The van der Waals surface area contributed by atoms with Gasteiger partial charge in [-0.2, -0.15) is 10.2 Å². The number of rotatable bonds is 3. The molecule has 2 heterocycles. The number of thiophene rings is 2. The molecule has 6 heteroatoms. The van der Waals surface area contributed by atoms with Gasteiger partial charge < -0.3 is 0 Å². The first-order valence-electron chi connectivity index (χ1n) is 4.31. The van der Waals surface area contributed by atoms with Gasteiger partial charge in [-0.3, -0.25) is 0 Å². The molecule has 0 aromatic carbocycles. The van der Waals surface area contributed by atoms with E-state index in [1.54, 1.807) is 35.1 Å². The van der Waals surface area contributed by atoms with Crippen LogP contribution in [-0.2, 0) is 0 Å². The smallest absolute Gasteiger partial charge is 0.0705 e. The summed E-state index contributed by atoms with van der Waals surface area (Å²) in [4.78, 5) is 2.16. The van der Waals surface area contributed by atoms with E-state index in [0.29, 0.717) is 0 Å². The molecule has 0 unspecified atom stereocenters. The van der Waals surface area contributed by atoms with E-state index in [1.807, 2.05) is 24.3 Å². The minimum absolute atomic E-state index is 1.08. The van der Waals surface area contributed by atoms with Crippen molar-refractivity contribution in [2.45, 2.75) is 0 Å². The lowest BCUT2D eigenvalue weighted by Crippen LogP contribution is -1.72. The van der Waals surface area contributed by atoms with Gasteiger partial charge in [-0.25, -0.2) is 0 Å². The van der Waals surface area contributed by atoms with Crippen molar-refractivity contribution in [1.82, 2.24) is 0 Å². The second-order valence-corrected chi connectivity index (χ2v) is 7.76. The SMILES string of the molecule is Brc1ccc(/C=N\N=C/c2ccc(Br)s2)s1. The fraction of sp³-hybridized carbons (Fsp3) is 0. The van der Waals surface area contributed by atoms with E-state index < -0.39 is 0 Å². The Morgan fingerprint density at radius 1 is 0.812 bits per heavy atom. The molecule has 0 radical (unpaired) electrons. The monoisotopic (exact) mass is 376 g/mol. The van der Waals surface area contributed by atoms with Gasteiger partial charge in [0.2, 0.25) is 0 Å². The van der Waals surface area contributed by atoms with Gasteiger partial charge in [-0.15, -0.1) is 22.7 Å². The molecule has 0 aliphatic rings. The lowest BCUT2D eigenvalue weighted by molar-refractivity contribution is 1.27. The van der Waals surface area contributed by atoms with E-state index in [4.69, 9.17) is 0 Å². The average Bonchev–Trinajstić information content (AvgIpc) is 2.83. The van der Waals surface area contributed by atoms with Crippen molar-refractivity contribution in [3.63, 3.8) is 0 Å². The second-order valence-electron chi connectivity index (χ2n) is 2.77. The van der Waals surface area contributed by atoms with Crippen molar-refractivity contribution >= 4 is 67.0 Å². The van der Waals surface area contributed by atoms with Crippen molar-refractivity contribution < 1.29 is 0 Å². The molecule has 2 aromatic heterocycles. The van der Waals surface area contributed by atoms with E-state index in [0.717, 1.165) is 17.3 Å². The van der Waals surface area contributed by atoms with Crippen LogP contribution in [-0.4, -0.2) is 12.4 Å². The fourth-order valence-electron chi connectivity index (χ4n) is 0.976. The summed E-state index contributed by atoms with van der Waals surface area (Å²) < 4.78 is 2.19. The first kappa shape index (κ1) is 12.2. The molecule has 0 saturated heterocycles. The summed E-state index contributed by atoms with van der Waals surface area (Å²) in [5.41, 5.74) is 0. The first-order chi connectivity index (χ1) is 7.74. The predicted molar refractivity (Wildman–Crippen MR) is 79.2 cm³/mol. The van der Waals surface area contributed by atoms with Gasteiger partial charge in [0.15, 0.2) is 0 Å². The summed E-state index contributed by atoms with van der Waals surface area (Å²) in [6.45, 7) is 0. The molecule has 2 nitrogen and oxygen atoms in total. The highest BCUT2D eigenvalue weighted by atomic mass is 79.9. The summed E-state index contributed by atoms with van der Waals surface area (Å²) in [7, 11) is 0. The summed E-state index contributed by atoms with van der Waals surface area (Å²) in [6, 6.07) is 7.98. The molecule has 0 bridgehead atoms. The van der Waals surface area contributed by atoms with Crippen molar-refractivity contribution in [2.24, 2.45) is 10.2 Å².